The summed E-state index contributed by atoms with van der Waals surface area (Å²) >= 11 is 9.21. The zero-order valence-corrected chi connectivity index (χ0v) is 17.9. The van der Waals surface area contributed by atoms with Gasteiger partial charge < -0.3 is 4.74 Å². The number of benzene rings is 2. The molecule has 5 nitrogen and oxygen atoms in total. The summed E-state index contributed by atoms with van der Waals surface area (Å²) in [5.74, 6) is 0.701. The largest absolute Gasteiger partial charge is 0.489 e. The number of amides is 1. The van der Waals surface area contributed by atoms with Gasteiger partial charge in [-0.15, -0.1) is 11.3 Å². The number of hydrogen-bond acceptors (Lipinski definition) is 6. The summed E-state index contributed by atoms with van der Waals surface area (Å²) in [6, 6.07) is 13.3. The number of thioether (sulfide) groups is 1. The Bertz CT molecular complexity index is 957. The van der Waals surface area contributed by atoms with Crippen molar-refractivity contribution in [3.63, 3.8) is 0 Å². The fourth-order valence-corrected chi connectivity index (χ4v) is 4.34. The molecule has 3 rings (SSSR count). The van der Waals surface area contributed by atoms with Gasteiger partial charge in [0.15, 0.2) is 4.34 Å². The number of hydrazone groups is 1. The maximum Gasteiger partial charge on any atom is 0.250 e. The van der Waals surface area contributed by atoms with Crippen LogP contribution in [0.5, 0.6) is 5.75 Å². The van der Waals surface area contributed by atoms with E-state index in [1.807, 2.05) is 37.3 Å². The lowest BCUT2D eigenvalue weighted by Gasteiger charge is -2.13. The number of carbonyl (C=O) groups excluding carboxylic acids is 1. The summed E-state index contributed by atoms with van der Waals surface area (Å²) in [6.07, 6.45) is 2.56. The summed E-state index contributed by atoms with van der Waals surface area (Å²) in [5, 5.41) is 4.51. The Balaban J connectivity index is 1.49. The lowest BCUT2D eigenvalue weighted by atomic mass is 10.2. The van der Waals surface area contributed by atoms with E-state index >= 15 is 0 Å². The molecule has 0 saturated carbocycles. The van der Waals surface area contributed by atoms with Crippen molar-refractivity contribution >= 4 is 57.0 Å². The maximum atomic E-state index is 12.0. The first-order chi connectivity index (χ1) is 13.5. The van der Waals surface area contributed by atoms with Crippen LogP contribution >= 0.6 is 34.7 Å². The van der Waals surface area contributed by atoms with Crippen molar-refractivity contribution in [3.05, 3.63) is 53.1 Å². The van der Waals surface area contributed by atoms with Crippen LogP contribution in [0.15, 0.2) is 51.9 Å². The molecule has 0 saturated heterocycles. The second-order valence-electron chi connectivity index (χ2n) is 6.06. The minimum Gasteiger partial charge on any atom is -0.489 e. The maximum absolute atomic E-state index is 12.0. The molecule has 0 unspecified atom stereocenters. The molecule has 1 N–H and O–H groups in total. The molecule has 0 aliphatic rings. The molecule has 0 spiro atoms. The van der Waals surface area contributed by atoms with Gasteiger partial charge >= 0.3 is 0 Å². The zero-order valence-electron chi connectivity index (χ0n) is 15.5. The molecule has 2 aromatic carbocycles. The van der Waals surface area contributed by atoms with Gasteiger partial charge in [0.05, 0.1) is 33.3 Å². The van der Waals surface area contributed by atoms with Crippen LogP contribution in [-0.4, -0.2) is 29.0 Å². The Hall–Kier alpha value is -2.09. The van der Waals surface area contributed by atoms with E-state index in [0.29, 0.717) is 10.8 Å². The third-order valence-corrected chi connectivity index (χ3v) is 6.34. The van der Waals surface area contributed by atoms with E-state index in [-0.39, 0.29) is 17.8 Å². The Kier molecular flexibility index (Phi) is 7.30. The molecule has 0 bridgehead atoms. The molecule has 146 valence electrons. The van der Waals surface area contributed by atoms with Gasteiger partial charge in [-0.2, -0.15) is 5.10 Å². The molecule has 0 aliphatic carbocycles. The number of rotatable bonds is 8. The summed E-state index contributed by atoms with van der Waals surface area (Å²) in [4.78, 5) is 16.5. The Morgan fingerprint density at radius 1 is 1.39 bits per heavy atom. The first-order valence-corrected chi connectivity index (χ1v) is 11.0. The van der Waals surface area contributed by atoms with E-state index in [9.17, 15) is 4.79 Å². The van der Waals surface area contributed by atoms with Crippen LogP contribution in [-0.2, 0) is 4.79 Å². The van der Waals surface area contributed by atoms with Gasteiger partial charge in [-0.05, 0) is 49.2 Å². The number of ether oxygens (including phenoxy) is 1. The van der Waals surface area contributed by atoms with Crippen molar-refractivity contribution in [2.24, 2.45) is 5.10 Å². The van der Waals surface area contributed by atoms with Crippen molar-refractivity contribution in [2.45, 2.75) is 30.7 Å². The minimum absolute atomic E-state index is 0.101. The predicted molar refractivity (Wildman–Crippen MR) is 118 cm³/mol. The summed E-state index contributed by atoms with van der Waals surface area (Å²) in [5.41, 5.74) is 4.25. The second-order valence-corrected chi connectivity index (χ2v) is 8.72. The van der Waals surface area contributed by atoms with Crippen LogP contribution in [0.2, 0.25) is 5.02 Å². The fraction of sp³-hybridized carbons (Fsp3) is 0.250. The van der Waals surface area contributed by atoms with Crippen molar-refractivity contribution in [2.75, 3.05) is 5.75 Å². The number of para-hydroxylation sites is 1. The van der Waals surface area contributed by atoms with Crippen LogP contribution < -0.4 is 10.2 Å². The molecule has 1 amide bonds. The Labute approximate surface area is 177 Å². The molecule has 1 heterocycles. The number of aromatic nitrogens is 1. The predicted octanol–water partition coefficient (Wildman–Crippen LogP) is 5.37. The third-order valence-electron chi connectivity index (χ3n) is 3.86. The standard InChI is InChI=1S/C20H20ClN3O2S2/c1-3-13(2)26-17-9-8-14(10-15(17)21)11-22-24-19(25)12-27-20-23-16-6-4-5-7-18(16)28-20/h4-11,13H,3,12H2,1-2H3,(H,24,25)/b22-11+/t13-/m0/s1. The molecule has 3 aromatic rings. The third kappa shape index (κ3) is 5.70. The Morgan fingerprint density at radius 3 is 2.96 bits per heavy atom. The molecule has 8 heteroatoms. The van der Waals surface area contributed by atoms with Crippen molar-refractivity contribution in [3.8, 4) is 5.75 Å². The van der Waals surface area contributed by atoms with Gasteiger partial charge in [0.1, 0.15) is 5.75 Å². The first kappa shape index (κ1) is 20.6. The van der Waals surface area contributed by atoms with Crippen LogP contribution in [0.25, 0.3) is 10.2 Å². The molecular formula is C20H20ClN3O2S2. The molecule has 0 radical (unpaired) electrons. The van der Waals surface area contributed by atoms with E-state index < -0.39 is 0 Å². The molecule has 28 heavy (non-hydrogen) atoms. The average molecular weight is 434 g/mol. The molecule has 1 aromatic heterocycles. The smallest absolute Gasteiger partial charge is 0.250 e. The number of carbonyl (C=O) groups is 1. The highest BCUT2D eigenvalue weighted by molar-refractivity contribution is 8.01. The number of halogens is 1. The first-order valence-electron chi connectivity index (χ1n) is 8.81. The van der Waals surface area contributed by atoms with E-state index in [4.69, 9.17) is 16.3 Å². The quantitative estimate of drug-likeness (QED) is 0.294. The molecular weight excluding hydrogens is 414 g/mol. The minimum atomic E-state index is -0.191. The second kappa shape index (κ2) is 9.91. The fourth-order valence-electron chi connectivity index (χ4n) is 2.24. The van der Waals surface area contributed by atoms with E-state index in [2.05, 4.69) is 22.4 Å². The Morgan fingerprint density at radius 2 is 2.21 bits per heavy atom. The lowest BCUT2D eigenvalue weighted by Crippen LogP contribution is -2.19. The molecule has 1 atom stereocenters. The highest BCUT2D eigenvalue weighted by Gasteiger charge is 2.08. The van der Waals surface area contributed by atoms with E-state index in [0.717, 1.165) is 26.5 Å². The topological polar surface area (TPSA) is 63.6 Å². The average Bonchev–Trinajstić information content (AvgIpc) is 3.11. The number of fused-ring (bicyclic) bond motifs is 1. The van der Waals surface area contributed by atoms with Gasteiger partial charge in [-0.1, -0.05) is 42.4 Å². The van der Waals surface area contributed by atoms with Crippen LogP contribution in [0, 0.1) is 0 Å². The van der Waals surface area contributed by atoms with Crippen molar-refractivity contribution in [1.82, 2.24) is 10.4 Å². The number of nitrogens with zero attached hydrogens (tertiary/aromatic N) is 2. The molecule has 0 fully saturated rings. The summed E-state index contributed by atoms with van der Waals surface area (Å²) in [6.45, 7) is 4.05. The van der Waals surface area contributed by atoms with Crippen molar-refractivity contribution in [1.29, 1.82) is 0 Å². The zero-order chi connectivity index (χ0) is 19.9. The van der Waals surface area contributed by atoms with Gasteiger partial charge in [-0.25, -0.2) is 10.4 Å². The monoisotopic (exact) mass is 433 g/mol. The highest BCUT2D eigenvalue weighted by atomic mass is 35.5. The van der Waals surface area contributed by atoms with E-state index in [1.165, 1.54) is 11.8 Å². The van der Waals surface area contributed by atoms with Crippen molar-refractivity contribution < 1.29 is 9.53 Å². The normalized spacial score (nSPS) is 12.4. The highest BCUT2D eigenvalue weighted by Crippen LogP contribution is 2.29. The van der Waals surface area contributed by atoms with Crippen LogP contribution in [0.1, 0.15) is 25.8 Å². The van der Waals surface area contributed by atoms with E-state index in [1.54, 1.807) is 29.7 Å². The van der Waals surface area contributed by atoms with Gasteiger partial charge in [0, 0.05) is 0 Å². The van der Waals surface area contributed by atoms with Gasteiger partial charge in [0.2, 0.25) is 0 Å². The van der Waals surface area contributed by atoms with Gasteiger partial charge in [0.25, 0.3) is 5.91 Å². The number of thiazole rings is 1. The van der Waals surface area contributed by atoms with Crippen LogP contribution in [0.3, 0.4) is 0 Å². The summed E-state index contributed by atoms with van der Waals surface area (Å²) < 4.78 is 7.71. The van der Waals surface area contributed by atoms with Crippen LogP contribution in [0.4, 0.5) is 0 Å². The molecule has 0 aliphatic heterocycles. The van der Waals surface area contributed by atoms with Gasteiger partial charge in [-0.3, -0.25) is 4.79 Å². The number of nitrogens with one attached hydrogen (secondary N) is 1. The number of hydrogen-bond donors (Lipinski definition) is 1. The lowest BCUT2D eigenvalue weighted by molar-refractivity contribution is -0.118. The summed E-state index contributed by atoms with van der Waals surface area (Å²) in [7, 11) is 0. The SMILES string of the molecule is CC[C@H](C)Oc1ccc(/C=N/NC(=O)CSc2nc3ccccc3s2)cc1Cl.